The maximum atomic E-state index is 8.83. The summed E-state index contributed by atoms with van der Waals surface area (Å²) in [7, 11) is 0.208. The van der Waals surface area contributed by atoms with Gasteiger partial charge in [-0.1, -0.05) is 6.92 Å². The fourth-order valence-corrected chi connectivity index (χ4v) is 5.63. The molecule has 0 aliphatic rings. The molecule has 0 spiro atoms. The summed E-state index contributed by atoms with van der Waals surface area (Å²) in [6, 6.07) is 3.66. The van der Waals surface area contributed by atoms with Crippen LogP contribution in [0, 0.1) is 11.5 Å². The van der Waals surface area contributed by atoms with E-state index >= 15 is 0 Å². The molecule has 0 N–H and O–H groups in total. The second-order valence-electron chi connectivity index (χ2n) is 5.53. The summed E-state index contributed by atoms with van der Waals surface area (Å²) in [5.41, 5.74) is 0.979. The van der Waals surface area contributed by atoms with Crippen LogP contribution in [0.2, 0.25) is 5.54 Å². The first kappa shape index (κ1) is 22.2. The van der Waals surface area contributed by atoms with E-state index in [2.05, 4.69) is 6.92 Å². The standard InChI is InChI=1S/C18H29NO6Si/c1-7-23-26(24-8-2,25-9-3)14(4)10-15-11-16(20-5)18(22-13-19)17(12-15)21-6/h11-12,14H,7-10H2,1-6H3. The first-order chi connectivity index (χ1) is 12.5. The molecule has 0 heterocycles. The molecule has 26 heavy (non-hydrogen) atoms. The van der Waals surface area contributed by atoms with Crippen molar-refractivity contribution < 1.29 is 27.5 Å². The highest BCUT2D eigenvalue weighted by atomic mass is 28.4. The normalized spacial score (nSPS) is 12.3. The molecule has 0 saturated heterocycles. The Balaban J connectivity index is 3.20. The summed E-state index contributed by atoms with van der Waals surface area (Å²) in [6.45, 7) is 9.45. The number of ether oxygens (including phenoxy) is 3. The molecule has 146 valence electrons. The number of nitrogens with zero attached hydrogens (tertiary/aromatic N) is 1. The number of nitriles is 1. The van der Waals surface area contributed by atoms with Crippen molar-refractivity contribution in [1.82, 2.24) is 0 Å². The van der Waals surface area contributed by atoms with Gasteiger partial charge in [0.15, 0.2) is 11.5 Å². The molecule has 1 aromatic carbocycles. The fraction of sp³-hybridized carbons (Fsp3) is 0.611. The second-order valence-corrected chi connectivity index (χ2v) is 8.59. The third kappa shape index (κ3) is 5.35. The van der Waals surface area contributed by atoms with Gasteiger partial charge in [-0.15, -0.1) is 5.26 Å². The molecular formula is C18H29NO6Si. The van der Waals surface area contributed by atoms with Crippen molar-refractivity contribution in [2.75, 3.05) is 34.0 Å². The van der Waals surface area contributed by atoms with Crippen LogP contribution in [0.1, 0.15) is 33.3 Å². The molecule has 0 aromatic heterocycles. The van der Waals surface area contributed by atoms with Crippen LogP contribution in [0.5, 0.6) is 17.2 Å². The van der Waals surface area contributed by atoms with Crippen molar-refractivity contribution in [3.63, 3.8) is 0 Å². The lowest BCUT2D eigenvalue weighted by Gasteiger charge is -2.33. The van der Waals surface area contributed by atoms with Crippen LogP contribution in [0.25, 0.3) is 0 Å². The first-order valence-corrected chi connectivity index (χ1v) is 10.5. The largest absolute Gasteiger partial charge is 0.504 e. The number of methoxy groups -OCH3 is 2. The van der Waals surface area contributed by atoms with E-state index in [1.54, 1.807) is 6.26 Å². The van der Waals surface area contributed by atoms with Crippen molar-refractivity contribution in [2.24, 2.45) is 0 Å². The highest BCUT2D eigenvalue weighted by molar-refractivity contribution is 6.62. The minimum Gasteiger partial charge on any atom is -0.493 e. The maximum absolute atomic E-state index is 8.83. The van der Waals surface area contributed by atoms with E-state index in [0.717, 1.165) is 5.56 Å². The Bertz CT molecular complexity index is 562. The molecule has 0 amide bonds. The molecule has 0 aliphatic carbocycles. The third-order valence-electron chi connectivity index (χ3n) is 3.85. The highest BCUT2D eigenvalue weighted by Gasteiger charge is 2.46. The zero-order valence-electron chi connectivity index (χ0n) is 16.5. The van der Waals surface area contributed by atoms with E-state index in [1.807, 2.05) is 32.9 Å². The predicted molar refractivity (Wildman–Crippen MR) is 99.5 cm³/mol. The van der Waals surface area contributed by atoms with Gasteiger partial charge in [-0.25, -0.2) is 0 Å². The quantitative estimate of drug-likeness (QED) is 0.403. The van der Waals surface area contributed by atoms with Gasteiger partial charge in [-0.05, 0) is 44.9 Å². The van der Waals surface area contributed by atoms with Gasteiger partial charge in [-0.2, -0.15) is 0 Å². The fourth-order valence-electron chi connectivity index (χ4n) is 2.83. The second kappa shape index (κ2) is 11.0. The van der Waals surface area contributed by atoms with Crippen LogP contribution in [0.3, 0.4) is 0 Å². The Morgan fingerprint density at radius 1 is 0.962 bits per heavy atom. The lowest BCUT2D eigenvalue weighted by atomic mass is 10.1. The van der Waals surface area contributed by atoms with E-state index in [-0.39, 0.29) is 11.3 Å². The van der Waals surface area contributed by atoms with Gasteiger partial charge in [0.2, 0.25) is 5.75 Å². The molecule has 0 fully saturated rings. The summed E-state index contributed by atoms with van der Waals surface area (Å²) in [5.74, 6) is 1.13. The van der Waals surface area contributed by atoms with Crippen LogP contribution in [0.15, 0.2) is 12.1 Å². The Labute approximate surface area is 157 Å². The van der Waals surface area contributed by atoms with Crippen LogP contribution < -0.4 is 14.2 Å². The van der Waals surface area contributed by atoms with Crippen molar-refractivity contribution >= 4 is 8.80 Å². The van der Waals surface area contributed by atoms with Crippen LogP contribution >= 0.6 is 0 Å². The van der Waals surface area contributed by atoms with Gasteiger partial charge in [-0.3, -0.25) is 0 Å². The molecule has 1 unspecified atom stereocenters. The van der Waals surface area contributed by atoms with E-state index in [9.17, 15) is 0 Å². The third-order valence-corrected chi connectivity index (χ3v) is 7.33. The molecular weight excluding hydrogens is 354 g/mol. The first-order valence-electron chi connectivity index (χ1n) is 8.74. The van der Waals surface area contributed by atoms with Gasteiger partial charge >= 0.3 is 8.80 Å². The molecule has 0 saturated carbocycles. The molecule has 1 rings (SSSR count). The van der Waals surface area contributed by atoms with Gasteiger partial charge in [0.25, 0.3) is 6.26 Å². The molecule has 1 aromatic rings. The molecule has 0 aliphatic heterocycles. The van der Waals surface area contributed by atoms with Gasteiger partial charge in [0.05, 0.1) is 14.2 Å². The van der Waals surface area contributed by atoms with Crippen molar-refractivity contribution in [3.8, 4) is 23.5 Å². The minimum absolute atomic E-state index is 0.0273. The summed E-state index contributed by atoms with van der Waals surface area (Å²) < 4.78 is 33.6. The number of hydrogen-bond donors (Lipinski definition) is 0. The van der Waals surface area contributed by atoms with Crippen molar-refractivity contribution in [2.45, 2.75) is 39.7 Å². The summed E-state index contributed by atoms with van der Waals surface area (Å²) >= 11 is 0. The zero-order valence-corrected chi connectivity index (χ0v) is 17.5. The lowest BCUT2D eigenvalue weighted by Crippen LogP contribution is -2.50. The maximum Gasteiger partial charge on any atom is 0.504 e. The zero-order chi connectivity index (χ0) is 19.6. The Morgan fingerprint density at radius 3 is 1.77 bits per heavy atom. The smallest absolute Gasteiger partial charge is 0.493 e. The van der Waals surface area contributed by atoms with Crippen molar-refractivity contribution in [3.05, 3.63) is 17.7 Å². The molecule has 1 atom stereocenters. The summed E-state index contributed by atoms with van der Waals surface area (Å²) in [6.07, 6.45) is 2.30. The SMILES string of the molecule is CCO[Si](OCC)(OCC)C(C)Cc1cc(OC)c(OC#N)c(OC)c1. The van der Waals surface area contributed by atoms with E-state index in [4.69, 9.17) is 32.8 Å². The highest BCUT2D eigenvalue weighted by Crippen LogP contribution is 2.40. The van der Waals surface area contributed by atoms with E-state index < -0.39 is 8.80 Å². The molecule has 8 heteroatoms. The topological polar surface area (TPSA) is 79.2 Å². The Hall–Kier alpha value is -1.79. The van der Waals surface area contributed by atoms with Crippen LogP contribution in [0.4, 0.5) is 0 Å². The van der Waals surface area contributed by atoms with Crippen LogP contribution in [-0.4, -0.2) is 42.8 Å². The Morgan fingerprint density at radius 2 is 1.42 bits per heavy atom. The minimum atomic E-state index is -2.83. The van der Waals surface area contributed by atoms with Gasteiger partial charge in [0, 0.05) is 25.4 Å². The van der Waals surface area contributed by atoms with Crippen LogP contribution in [-0.2, 0) is 19.7 Å². The number of rotatable bonds is 12. The van der Waals surface area contributed by atoms with Crippen molar-refractivity contribution in [1.29, 1.82) is 5.26 Å². The average molecular weight is 384 g/mol. The summed E-state index contributed by atoms with van der Waals surface area (Å²) in [5, 5.41) is 8.83. The predicted octanol–water partition coefficient (Wildman–Crippen LogP) is 3.54. The van der Waals surface area contributed by atoms with Gasteiger partial charge < -0.3 is 27.5 Å². The number of hydrogen-bond acceptors (Lipinski definition) is 7. The Kier molecular flexibility index (Phi) is 9.44. The molecule has 7 nitrogen and oxygen atoms in total. The van der Waals surface area contributed by atoms with Gasteiger partial charge in [0.1, 0.15) is 0 Å². The molecule has 0 radical (unpaired) electrons. The lowest BCUT2D eigenvalue weighted by molar-refractivity contribution is 0.0624. The van der Waals surface area contributed by atoms with E-state index in [1.165, 1.54) is 14.2 Å². The molecule has 0 bridgehead atoms. The number of benzene rings is 1. The van der Waals surface area contributed by atoms with E-state index in [0.29, 0.717) is 37.7 Å². The monoisotopic (exact) mass is 383 g/mol. The summed E-state index contributed by atoms with van der Waals surface area (Å²) in [4.78, 5) is 0. The average Bonchev–Trinajstić information content (AvgIpc) is 2.63.